The smallest absolute Gasteiger partial charge is 0.135 e. The molecule has 3 nitrogen and oxygen atoms in total. The van der Waals surface area contributed by atoms with Crippen LogP contribution in [0.25, 0.3) is 21.9 Å². The summed E-state index contributed by atoms with van der Waals surface area (Å²) in [6, 6.07) is 25.3. The predicted octanol–water partition coefficient (Wildman–Crippen LogP) is 5.73. The zero-order chi connectivity index (χ0) is 17.5. The molecule has 0 radical (unpaired) electrons. The summed E-state index contributed by atoms with van der Waals surface area (Å²) in [5.74, 6) is 0.996. The van der Waals surface area contributed by atoms with Crippen molar-refractivity contribution in [2.75, 3.05) is 0 Å². The van der Waals surface area contributed by atoms with Crippen LogP contribution in [0.15, 0.2) is 89.6 Å². The van der Waals surface area contributed by atoms with Crippen molar-refractivity contribution in [3.05, 3.63) is 102 Å². The van der Waals surface area contributed by atoms with E-state index in [-0.39, 0.29) is 6.04 Å². The maximum absolute atomic E-state index is 5.99. The van der Waals surface area contributed by atoms with E-state index in [4.69, 9.17) is 4.42 Å². The summed E-state index contributed by atoms with van der Waals surface area (Å²) in [7, 11) is 0. The van der Waals surface area contributed by atoms with E-state index in [0.29, 0.717) is 0 Å². The maximum Gasteiger partial charge on any atom is 0.135 e. The van der Waals surface area contributed by atoms with Crippen molar-refractivity contribution in [3.8, 4) is 0 Å². The minimum absolute atomic E-state index is 0.0803. The molecular weight excluding hydrogens is 320 g/mol. The molecule has 0 saturated carbocycles. The van der Waals surface area contributed by atoms with E-state index in [1.165, 1.54) is 11.1 Å². The lowest BCUT2D eigenvalue weighted by atomic mass is 9.96. The van der Waals surface area contributed by atoms with Gasteiger partial charge in [-0.3, -0.25) is 0 Å². The molecule has 126 valence electrons. The molecule has 0 fully saturated rings. The van der Waals surface area contributed by atoms with Gasteiger partial charge in [-0.2, -0.15) is 0 Å². The standard InChI is InChI=1S/C23H18N2O/c1-16-24-13-14-25(16)23(17-7-3-2-4-8-17)18-11-12-22-20(15-18)19-9-5-6-10-21(19)26-22/h2-15,23H,1H3. The van der Waals surface area contributed by atoms with E-state index < -0.39 is 0 Å². The topological polar surface area (TPSA) is 31.0 Å². The van der Waals surface area contributed by atoms with Gasteiger partial charge in [0.05, 0.1) is 6.04 Å². The molecule has 0 aliphatic carbocycles. The van der Waals surface area contributed by atoms with Gasteiger partial charge >= 0.3 is 0 Å². The number of furan rings is 1. The lowest BCUT2D eigenvalue weighted by molar-refractivity contribution is 0.652. The molecule has 1 atom stereocenters. The number of imidazole rings is 1. The summed E-state index contributed by atoms with van der Waals surface area (Å²) in [6.07, 6.45) is 3.90. The maximum atomic E-state index is 5.99. The van der Waals surface area contributed by atoms with Crippen LogP contribution in [0.4, 0.5) is 0 Å². The normalized spacial score (nSPS) is 12.7. The average Bonchev–Trinajstić information content (AvgIpc) is 3.26. The predicted molar refractivity (Wildman–Crippen MR) is 104 cm³/mol. The van der Waals surface area contributed by atoms with Crippen molar-refractivity contribution >= 4 is 21.9 Å². The minimum Gasteiger partial charge on any atom is -0.456 e. The van der Waals surface area contributed by atoms with Crippen LogP contribution in [-0.2, 0) is 0 Å². The number of hydrogen-bond acceptors (Lipinski definition) is 2. The van der Waals surface area contributed by atoms with Crippen molar-refractivity contribution < 1.29 is 4.42 Å². The van der Waals surface area contributed by atoms with Gasteiger partial charge < -0.3 is 8.98 Å². The summed E-state index contributed by atoms with van der Waals surface area (Å²) in [5, 5.41) is 2.30. The molecule has 0 spiro atoms. The molecule has 5 rings (SSSR count). The van der Waals surface area contributed by atoms with Crippen molar-refractivity contribution in [2.24, 2.45) is 0 Å². The van der Waals surface area contributed by atoms with Crippen LogP contribution in [0.5, 0.6) is 0 Å². The zero-order valence-electron chi connectivity index (χ0n) is 14.5. The Labute approximate surface area is 151 Å². The summed E-state index contributed by atoms with van der Waals surface area (Å²) in [4.78, 5) is 4.44. The first-order chi connectivity index (χ1) is 12.8. The van der Waals surface area contributed by atoms with Gasteiger partial charge in [-0.25, -0.2) is 4.98 Å². The van der Waals surface area contributed by atoms with Crippen molar-refractivity contribution in [3.63, 3.8) is 0 Å². The number of hydrogen-bond donors (Lipinski definition) is 0. The van der Waals surface area contributed by atoms with E-state index in [9.17, 15) is 0 Å². The lowest BCUT2D eigenvalue weighted by Crippen LogP contribution is -2.13. The highest BCUT2D eigenvalue weighted by Crippen LogP contribution is 2.34. The second-order valence-corrected chi connectivity index (χ2v) is 6.55. The first kappa shape index (κ1) is 15.0. The van der Waals surface area contributed by atoms with Gasteiger partial charge in [0.1, 0.15) is 17.0 Å². The van der Waals surface area contributed by atoms with Gasteiger partial charge in [0.25, 0.3) is 0 Å². The second-order valence-electron chi connectivity index (χ2n) is 6.55. The number of nitrogens with zero attached hydrogens (tertiary/aromatic N) is 2. The van der Waals surface area contributed by atoms with Gasteiger partial charge in [-0.15, -0.1) is 0 Å². The van der Waals surface area contributed by atoms with Gasteiger partial charge in [0.2, 0.25) is 0 Å². The summed E-state index contributed by atoms with van der Waals surface area (Å²) >= 11 is 0. The Bertz CT molecular complexity index is 1200. The fraction of sp³-hybridized carbons (Fsp3) is 0.0870. The molecule has 2 aromatic heterocycles. The summed E-state index contributed by atoms with van der Waals surface area (Å²) in [6.45, 7) is 2.04. The highest BCUT2D eigenvalue weighted by Gasteiger charge is 2.19. The Morgan fingerprint density at radius 3 is 2.38 bits per heavy atom. The molecule has 5 aromatic rings. The van der Waals surface area contributed by atoms with Crippen LogP contribution in [0.2, 0.25) is 0 Å². The Morgan fingerprint density at radius 1 is 0.808 bits per heavy atom. The summed E-state index contributed by atoms with van der Waals surface area (Å²) in [5.41, 5.74) is 4.30. The van der Waals surface area contributed by atoms with Gasteiger partial charge in [-0.1, -0.05) is 54.6 Å². The Hall–Kier alpha value is -3.33. The highest BCUT2D eigenvalue weighted by atomic mass is 16.3. The van der Waals surface area contributed by atoms with Crippen molar-refractivity contribution in [2.45, 2.75) is 13.0 Å². The molecule has 26 heavy (non-hydrogen) atoms. The molecule has 3 heteroatoms. The van der Waals surface area contributed by atoms with Crippen LogP contribution in [0.3, 0.4) is 0 Å². The molecule has 0 aliphatic rings. The molecule has 0 N–H and O–H groups in total. The van der Waals surface area contributed by atoms with E-state index in [2.05, 4.69) is 64.1 Å². The fourth-order valence-electron chi connectivity index (χ4n) is 3.72. The lowest BCUT2D eigenvalue weighted by Gasteiger charge is -2.21. The third kappa shape index (κ3) is 2.32. The fourth-order valence-corrected chi connectivity index (χ4v) is 3.72. The molecule has 1 unspecified atom stereocenters. The largest absolute Gasteiger partial charge is 0.456 e. The number of fused-ring (bicyclic) bond motifs is 3. The number of rotatable bonds is 3. The first-order valence-corrected chi connectivity index (χ1v) is 8.77. The zero-order valence-corrected chi connectivity index (χ0v) is 14.5. The van der Waals surface area contributed by atoms with Crippen LogP contribution in [0.1, 0.15) is 23.0 Å². The molecule has 0 amide bonds. The molecule has 3 aromatic carbocycles. The SMILES string of the molecule is Cc1nccn1C(c1ccccc1)c1ccc2oc3ccccc3c2c1. The summed E-state index contributed by atoms with van der Waals surface area (Å²) < 4.78 is 8.21. The second kappa shape index (κ2) is 5.88. The average molecular weight is 338 g/mol. The van der Waals surface area contributed by atoms with Crippen molar-refractivity contribution in [1.29, 1.82) is 0 Å². The third-order valence-electron chi connectivity index (χ3n) is 4.97. The third-order valence-corrected chi connectivity index (χ3v) is 4.97. The van der Waals surface area contributed by atoms with Gasteiger partial charge in [-0.05, 0) is 36.2 Å². The van der Waals surface area contributed by atoms with Crippen molar-refractivity contribution in [1.82, 2.24) is 9.55 Å². The Balaban J connectivity index is 1.76. The molecule has 2 heterocycles. The Kier molecular flexibility index (Phi) is 3.39. The van der Waals surface area contributed by atoms with Crippen LogP contribution < -0.4 is 0 Å². The monoisotopic (exact) mass is 338 g/mol. The van der Waals surface area contributed by atoms with E-state index in [1.54, 1.807) is 0 Å². The van der Waals surface area contributed by atoms with Gasteiger partial charge in [0.15, 0.2) is 0 Å². The molecule has 0 aliphatic heterocycles. The Morgan fingerprint density at radius 2 is 1.58 bits per heavy atom. The highest BCUT2D eigenvalue weighted by molar-refractivity contribution is 6.05. The van der Waals surface area contributed by atoms with Crippen LogP contribution in [-0.4, -0.2) is 9.55 Å². The van der Waals surface area contributed by atoms with Crippen LogP contribution >= 0.6 is 0 Å². The van der Waals surface area contributed by atoms with Gasteiger partial charge in [0, 0.05) is 23.2 Å². The number of aryl methyl sites for hydroxylation is 1. The molecular formula is C23H18N2O. The number of para-hydroxylation sites is 1. The van der Waals surface area contributed by atoms with E-state index >= 15 is 0 Å². The minimum atomic E-state index is 0.0803. The number of aromatic nitrogens is 2. The number of benzene rings is 3. The van der Waals surface area contributed by atoms with E-state index in [0.717, 1.165) is 27.8 Å². The van der Waals surface area contributed by atoms with Crippen LogP contribution in [0, 0.1) is 6.92 Å². The molecule has 0 saturated heterocycles. The quantitative estimate of drug-likeness (QED) is 0.421. The first-order valence-electron chi connectivity index (χ1n) is 8.77. The molecule has 0 bridgehead atoms. The van der Waals surface area contributed by atoms with E-state index in [1.807, 2.05) is 37.5 Å².